The second-order valence-electron chi connectivity index (χ2n) is 3.88. The average Bonchev–Trinajstić information content (AvgIpc) is 2.67. The number of hydrogen-bond donors (Lipinski definition) is 1. The zero-order valence-corrected chi connectivity index (χ0v) is 9.84. The number of nitrogens with one attached hydrogen (secondary N) is 1. The van der Waals surface area contributed by atoms with E-state index < -0.39 is 0 Å². The largest absolute Gasteiger partial charge is 0.346 e. The van der Waals surface area contributed by atoms with Gasteiger partial charge in [-0.25, -0.2) is 0 Å². The number of pyridine rings is 1. The molecular formula is C12H14N4O. The standard InChI is InChI=1S/C12H14N4O/c1-9-8-16(2)15-11(9)12(17)14-7-10-4-3-5-13-6-10/h3-6,8H,7H2,1-2H3,(H,14,17). The van der Waals surface area contributed by atoms with E-state index in [1.54, 1.807) is 24.1 Å². The zero-order valence-electron chi connectivity index (χ0n) is 9.84. The third-order valence-electron chi connectivity index (χ3n) is 2.40. The van der Waals surface area contributed by atoms with E-state index in [2.05, 4.69) is 15.4 Å². The zero-order chi connectivity index (χ0) is 12.3. The van der Waals surface area contributed by atoms with Gasteiger partial charge in [-0.2, -0.15) is 5.10 Å². The molecule has 2 aromatic rings. The van der Waals surface area contributed by atoms with Gasteiger partial charge in [0.15, 0.2) is 5.69 Å². The second-order valence-corrected chi connectivity index (χ2v) is 3.88. The van der Waals surface area contributed by atoms with Crippen LogP contribution in [0.15, 0.2) is 30.7 Å². The molecule has 0 spiro atoms. The van der Waals surface area contributed by atoms with Gasteiger partial charge >= 0.3 is 0 Å². The normalized spacial score (nSPS) is 10.2. The molecule has 0 unspecified atom stereocenters. The van der Waals surface area contributed by atoms with E-state index in [1.807, 2.05) is 25.3 Å². The number of hydrogen-bond acceptors (Lipinski definition) is 3. The molecule has 0 bridgehead atoms. The summed E-state index contributed by atoms with van der Waals surface area (Å²) in [5, 5.41) is 6.93. The molecule has 2 heterocycles. The van der Waals surface area contributed by atoms with Crippen molar-refractivity contribution in [3.05, 3.63) is 47.5 Å². The van der Waals surface area contributed by atoms with Gasteiger partial charge in [0.05, 0.1) is 0 Å². The molecule has 1 N–H and O–H groups in total. The van der Waals surface area contributed by atoms with Gasteiger partial charge in [-0.05, 0) is 18.6 Å². The molecule has 0 fully saturated rings. The topological polar surface area (TPSA) is 59.8 Å². The maximum atomic E-state index is 11.8. The van der Waals surface area contributed by atoms with Crippen LogP contribution >= 0.6 is 0 Å². The predicted octanol–water partition coefficient (Wildman–Crippen LogP) is 1.05. The van der Waals surface area contributed by atoms with Crippen LogP contribution in [0.2, 0.25) is 0 Å². The van der Waals surface area contributed by atoms with Crippen molar-refractivity contribution < 1.29 is 4.79 Å². The molecule has 17 heavy (non-hydrogen) atoms. The molecule has 0 saturated heterocycles. The number of nitrogens with zero attached hydrogens (tertiary/aromatic N) is 3. The Morgan fingerprint density at radius 1 is 1.53 bits per heavy atom. The van der Waals surface area contributed by atoms with Crippen LogP contribution in [0, 0.1) is 6.92 Å². The fraction of sp³-hybridized carbons (Fsp3) is 0.250. The minimum atomic E-state index is -0.160. The van der Waals surface area contributed by atoms with Gasteiger partial charge in [0, 0.05) is 37.7 Å². The van der Waals surface area contributed by atoms with Gasteiger partial charge in [0.1, 0.15) is 0 Å². The summed E-state index contributed by atoms with van der Waals surface area (Å²) in [7, 11) is 1.80. The molecule has 0 aliphatic heterocycles. The Morgan fingerprint density at radius 2 is 2.35 bits per heavy atom. The number of aryl methyl sites for hydroxylation is 2. The first-order valence-corrected chi connectivity index (χ1v) is 5.34. The lowest BCUT2D eigenvalue weighted by molar-refractivity contribution is 0.0944. The molecule has 5 heteroatoms. The average molecular weight is 230 g/mol. The maximum absolute atomic E-state index is 11.8. The molecule has 0 aliphatic carbocycles. The smallest absolute Gasteiger partial charge is 0.272 e. The van der Waals surface area contributed by atoms with Gasteiger partial charge in [0.25, 0.3) is 5.91 Å². The third-order valence-corrected chi connectivity index (χ3v) is 2.40. The number of amides is 1. The Morgan fingerprint density at radius 3 is 2.94 bits per heavy atom. The van der Waals surface area contributed by atoms with Crippen molar-refractivity contribution in [2.75, 3.05) is 0 Å². The third kappa shape index (κ3) is 2.69. The summed E-state index contributed by atoms with van der Waals surface area (Å²) in [4.78, 5) is 15.8. The van der Waals surface area contributed by atoms with Gasteiger partial charge in [-0.3, -0.25) is 14.5 Å². The summed E-state index contributed by atoms with van der Waals surface area (Å²) in [6.45, 7) is 2.33. The Bertz CT molecular complexity index is 519. The van der Waals surface area contributed by atoms with Crippen molar-refractivity contribution in [2.45, 2.75) is 13.5 Å². The van der Waals surface area contributed by atoms with Crippen LogP contribution in [0.3, 0.4) is 0 Å². The molecule has 0 radical (unpaired) electrons. The lowest BCUT2D eigenvalue weighted by Crippen LogP contribution is -2.24. The van der Waals surface area contributed by atoms with Crippen molar-refractivity contribution in [3.63, 3.8) is 0 Å². The van der Waals surface area contributed by atoms with E-state index in [0.717, 1.165) is 11.1 Å². The van der Waals surface area contributed by atoms with Crippen molar-refractivity contribution in [1.82, 2.24) is 20.1 Å². The maximum Gasteiger partial charge on any atom is 0.272 e. The van der Waals surface area contributed by atoms with Gasteiger partial charge in [-0.1, -0.05) is 6.07 Å². The molecule has 0 atom stereocenters. The first kappa shape index (κ1) is 11.3. The monoisotopic (exact) mass is 230 g/mol. The molecule has 88 valence electrons. The Balaban J connectivity index is 2.01. The first-order valence-electron chi connectivity index (χ1n) is 5.34. The summed E-state index contributed by atoms with van der Waals surface area (Å²) < 4.78 is 1.63. The highest BCUT2D eigenvalue weighted by atomic mass is 16.1. The summed E-state index contributed by atoms with van der Waals surface area (Å²) in [5.41, 5.74) is 2.31. The van der Waals surface area contributed by atoms with Crippen LogP contribution in [-0.4, -0.2) is 20.7 Å². The highest BCUT2D eigenvalue weighted by Gasteiger charge is 2.12. The Kier molecular flexibility index (Phi) is 3.18. The van der Waals surface area contributed by atoms with Crippen LogP contribution < -0.4 is 5.32 Å². The van der Waals surface area contributed by atoms with E-state index in [9.17, 15) is 4.79 Å². The molecule has 0 aromatic carbocycles. The van der Waals surface area contributed by atoms with Crippen LogP contribution in [0.4, 0.5) is 0 Å². The quantitative estimate of drug-likeness (QED) is 0.857. The van der Waals surface area contributed by atoms with E-state index in [1.165, 1.54) is 0 Å². The minimum absolute atomic E-state index is 0.160. The van der Waals surface area contributed by atoms with E-state index >= 15 is 0 Å². The highest BCUT2D eigenvalue weighted by molar-refractivity contribution is 5.93. The van der Waals surface area contributed by atoms with Crippen molar-refractivity contribution in [3.8, 4) is 0 Å². The van der Waals surface area contributed by atoms with Crippen LogP contribution in [0.1, 0.15) is 21.6 Å². The van der Waals surface area contributed by atoms with Crippen molar-refractivity contribution >= 4 is 5.91 Å². The number of carbonyl (C=O) groups is 1. The molecule has 2 rings (SSSR count). The van der Waals surface area contributed by atoms with Crippen LogP contribution in [0.25, 0.3) is 0 Å². The van der Waals surface area contributed by atoms with Crippen molar-refractivity contribution in [2.24, 2.45) is 7.05 Å². The van der Waals surface area contributed by atoms with Gasteiger partial charge in [0.2, 0.25) is 0 Å². The molecule has 0 saturated carbocycles. The van der Waals surface area contributed by atoms with E-state index in [4.69, 9.17) is 0 Å². The second kappa shape index (κ2) is 4.78. The summed E-state index contributed by atoms with van der Waals surface area (Å²) in [6.07, 6.45) is 5.25. The Hall–Kier alpha value is -2.17. The molecule has 5 nitrogen and oxygen atoms in total. The minimum Gasteiger partial charge on any atom is -0.346 e. The predicted molar refractivity (Wildman–Crippen MR) is 63.4 cm³/mol. The fourth-order valence-corrected chi connectivity index (χ4v) is 1.60. The lowest BCUT2D eigenvalue weighted by Gasteiger charge is -2.03. The summed E-state index contributed by atoms with van der Waals surface area (Å²) in [5.74, 6) is -0.160. The number of aromatic nitrogens is 3. The van der Waals surface area contributed by atoms with Gasteiger partial charge in [-0.15, -0.1) is 0 Å². The van der Waals surface area contributed by atoms with Crippen molar-refractivity contribution in [1.29, 1.82) is 0 Å². The fourth-order valence-electron chi connectivity index (χ4n) is 1.60. The first-order chi connectivity index (χ1) is 8.16. The molecular weight excluding hydrogens is 216 g/mol. The van der Waals surface area contributed by atoms with Crippen LogP contribution in [0.5, 0.6) is 0 Å². The summed E-state index contributed by atoms with van der Waals surface area (Å²) in [6, 6.07) is 3.76. The number of carbonyl (C=O) groups excluding carboxylic acids is 1. The van der Waals surface area contributed by atoms with E-state index in [0.29, 0.717) is 12.2 Å². The van der Waals surface area contributed by atoms with E-state index in [-0.39, 0.29) is 5.91 Å². The SMILES string of the molecule is Cc1cn(C)nc1C(=O)NCc1cccnc1. The van der Waals surface area contributed by atoms with Gasteiger partial charge < -0.3 is 5.32 Å². The molecule has 1 amide bonds. The molecule has 2 aromatic heterocycles. The molecule has 0 aliphatic rings. The lowest BCUT2D eigenvalue weighted by atomic mass is 10.2. The Labute approximate surface area is 99.5 Å². The number of rotatable bonds is 3. The van der Waals surface area contributed by atoms with Crippen LogP contribution in [-0.2, 0) is 13.6 Å². The highest BCUT2D eigenvalue weighted by Crippen LogP contribution is 2.04. The summed E-state index contributed by atoms with van der Waals surface area (Å²) >= 11 is 0.